The average Bonchev–Trinajstić information content (AvgIpc) is 2.21. The lowest BCUT2D eigenvalue weighted by Crippen LogP contribution is -2.12. The first-order valence-corrected chi connectivity index (χ1v) is 5.17. The van der Waals surface area contributed by atoms with Gasteiger partial charge in [0.1, 0.15) is 0 Å². The second-order valence-electron chi connectivity index (χ2n) is 2.81. The molecule has 4 nitrogen and oxygen atoms in total. The van der Waals surface area contributed by atoms with Gasteiger partial charge in [-0.05, 0) is 22.9 Å². The zero-order valence-electron chi connectivity index (χ0n) is 8.34. The van der Waals surface area contributed by atoms with E-state index in [9.17, 15) is 13.6 Å². The van der Waals surface area contributed by atoms with Crippen molar-refractivity contribution in [1.82, 2.24) is 4.98 Å². The summed E-state index contributed by atoms with van der Waals surface area (Å²) in [4.78, 5) is 14.9. The maximum atomic E-state index is 12.7. The van der Waals surface area contributed by atoms with Crippen molar-refractivity contribution in [3.8, 4) is 0 Å². The van der Waals surface area contributed by atoms with E-state index in [1.807, 2.05) is 0 Å². The number of alkyl halides is 2. The second kappa shape index (κ2) is 5.20. The Morgan fingerprint density at radius 3 is 2.81 bits per heavy atom. The molecule has 0 aliphatic carbocycles. The molecule has 1 aromatic heterocycles. The van der Waals surface area contributed by atoms with Gasteiger partial charge in [-0.15, -0.1) is 0 Å². The maximum Gasteiger partial charge on any atom is 0.357 e. The highest BCUT2D eigenvalue weighted by molar-refractivity contribution is 9.10. The summed E-state index contributed by atoms with van der Waals surface area (Å²) in [7, 11) is 0. The Morgan fingerprint density at radius 1 is 1.69 bits per heavy atom. The van der Waals surface area contributed by atoms with E-state index >= 15 is 0 Å². The van der Waals surface area contributed by atoms with Gasteiger partial charge in [-0.25, -0.2) is 18.6 Å². The van der Waals surface area contributed by atoms with Crippen LogP contribution in [0.5, 0.6) is 0 Å². The van der Waals surface area contributed by atoms with E-state index in [0.29, 0.717) is 0 Å². The third-order valence-corrected chi connectivity index (χ3v) is 2.65. The van der Waals surface area contributed by atoms with E-state index in [-0.39, 0.29) is 16.8 Å². The van der Waals surface area contributed by atoms with E-state index in [1.54, 1.807) is 6.92 Å². The van der Waals surface area contributed by atoms with Gasteiger partial charge in [0.2, 0.25) is 0 Å². The predicted molar refractivity (Wildman–Crippen MR) is 57.3 cm³/mol. The highest BCUT2D eigenvalue weighted by atomic mass is 79.9. The molecule has 1 heterocycles. The number of halogens is 3. The van der Waals surface area contributed by atoms with Crippen molar-refractivity contribution < 1.29 is 18.3 Å². The average molecular weight is 295 g/mol. The van der Waals surface area contributed by atoms with Gasteiger partial charge >= 0.3 is 5.97 Å². The maximum absolute atomic E-state index is 12.7. The summed E-state index contributed by atoms with van der Waals surface area (Å²) in [6.45, 7) is 1.66. The first-order valence-electron chi connectivity index (χ1n) is 4.38. The molecule has 0 aliphatic heterocycles. The lowest BCUT2D eigenvalue weighted by molar-refractivity contribution is 0.0507. The number of nitrogen functional groups attached to an aromatic ring is 1. The normalized spacial score (nSPS) is 10.6. The van der Waals surface area contributed by atoms with Crippen LogP contribution >= 0.6 is 15.9 Å². The number of anilines is 1. The van der Waals surface area contributed by atoms with Gasteiger partial charge in [0.05, 0.1) is 28.5 Å². The fourth-order valence-electron chi connectivity index (χ4n) is 1.08. The SMILES string of the molecule is CCOC(=O)c1ncc(N)c(Br)c1C(F)F. The topological polar surface area (TPSA) is 65.2 Å². The van der Waals surface area contributed by atoms with Crippen LogP contribution in [0.2, 0.25) is 0 Å². The summed E-state index contributed by atoms with van der Waals surface area (Å²) in [5.74, 6) is -0.890. The number of esters is 1. The van der Waals surface area contributed by atoms with Gasteiger partial charge in [-0.1, -0.05) is 0 Å². The van der Waals surface area contributed by atoms with E-state index in [2.05, 4.69) is 25.7 Å². The second-order valence-corrected chi connectivity index (χ2v) is 3.60. The summed E-state index contributed by atoms with van der Waals surface area (Å²) >= 11 is 2.90. The number of nitrogens with two attached hydrogens (primary N) is 1. The molecule has 1 rings (SSSR count). The Kier molecular flexibility index (Phi) is 4.17. The van der Waals surface area contributed by atoms with E-state index in [4.69, 9.17) is 5.73 Å². The minimum atomic E-state index is -2.86. The van der Waals surface area contributed by atoms with Crippen LogP contribution in [0.3, 0.4) is 0 Å². The van der Waals surface area contributed by atoms with Gasteiger partial charge < -0.3 is 10.5 Å². The van der Waals surface area contributed by atoms with Crippen LogP contribution < -0.4 is 5.73 Å². The summed E-state index contributed by atoms with van der Waals surface area (Å²) in [6.07, 6.45) is -1.73. The zero-order chi connectivity index (χ0) is 12.3. The number of carbonyl (C=O) groups excluding carboxylic acids is 1. The zero-order valence-corrected chi connectivity index (χ0v) is 9.92. The van der Waals surface area contributed by atoms with Crippen molar-refractivity contribution in [1.29, 1.82) is 0 Å². The monoisotopic (exact) mass is 294 g/mol. The molecule has 0 amide bonds. The summed E-state index contributed by atoms with van der Waals surface area (Å²) in [6, 6.07) is 0. The van der Waals surface area contributed by atoms with Crippen molar-refractivity contribution in [2.45, 2.75) is 13.3 Å². The number of rotatable bonds is 3. The van der Waals surface area contributed by atoms with Crippen molar-refractivity contribution in [3.63, 3.8) is 0 Å². The first-order chi connectivity index (χ1) is 7.49. The Morgan fingerprint density at radius 2 is 2.31 bits per heavy atom. The molecule has 1 aromatic rings. The van der Waals surface area contributed by atoms with Gasteiger partial charge in [0.25, 0.3) is 6.43 Å². The lowest BCUT2D eigenvalue weighted by atomic mass is 10.2. The molecule has 0 unspecified atom stereocenters. The molecule has 0 radical (unpaired) electrons. The molecular formula is C9H9BrF2N2O2. The lowest BCUT2D eigenvalue weighted by Gasteiger charge is -2.10. The number of pyridine rings is 1. The van der Waals surface area contributed by atoms with Crippen LogP contribution in [0.1, 0.15) is 29.4 Å². The van der Waals surface area contributed by atoms with Crippen molar-refractivity contribution >= 4 is 27.6 Å². The smallest absolute Gasteiger partial charge is 0.357 e. The summed E-state index contributed by atoms with van der Waals surface area (Å²) < 4.78 is 30.1. The summed E-state index contributed by atoms with van der Waals surface area (Å²) in [5.41, 5.74) is 4.49. The highest BCUT2D eigenvalue weighted by Crippen LogP contribution is 2.33. The fraction of sp³-hybridized carbons (Fsp3) is 0.333. The Bertz CT molecular complexity index is 413. The molecule has 0 aromatic carbocycles. The number of nitrogens with zero attached hydrogens (tertiary/aromatic N) is 1. The number of hydrogen-bond acceptors (Lipinski definition) is 4. The molecule has 16 heavy (non-hydrogen) atoms. The quantitative estimate of drug-likeness (QED) is 0.870. The van der Waals surface area contributed by atoms with Crippen LogP contribution in [0.4, 0.5) is 14.5 Å². The number of carbonyl (C=O) groups is 1. The number of aromatic nitrogens is 1. The molecule has 0 saturated carbocycles. The van der Waals surface area contributed by atoms with Gasteiger partial charge in [-0.2, -0.15) is 0 Å². The first kappa shape index (κ1) is 12.8. The van der Waals surface area contributed by atoms with Gasteiger partial charge in [-0.3, -0.25) is 0 Å². The molecule has 0 saturated heterocycles. The minimum absolute atomic E-state index is 0.0273. The molecule has 0 fully saturated rings. The fourth-order valence-corrected chi connectivity index (χ4v) is 1.54. The Balaban J connectivity index is 3.28. The van der Waals surface area contributed by atoms with Crippen LogP contribution in [-0.4, -0.2) is 17.6 Å². The molecule has 0 spiro atoms. The van der Waals surface area contributed by atoms with E-state index in [0.717, 1.165) is 6.20 Å². The molecule has 2 N–H and O–H groups in total. The molecule has 0 aliphatic rings. The van der Waals surface area contributed by atoms with E-state index < -0.39 is 23.7 Å². The third-order valence-electron chi connectivity index (χ3n) is 1.76. The van der Waals surface area contributed by atoms with Crippen LogP contribution in [0, 0.1) is 0 Å². The molecular weight excluding hydrogens is 286 g/mol. The van der Waals surface area contributed by atoms with Crippen LogP contribution in [0.25, 0.3) is 0 Å². The Labute approximate surface area is 98.9 Å². The standard InChI is InChI=1S/C9H9BrF2N2O2/c1-2-16-9(15)7-5(8(11)12)6(10)4(13)3-14-7/h3,8H,2,13H2,1H3. The molecule has 0 atom stereocenters. The number of ether oxygens (including phenoxy) is 1. The minimum Gasteiger partial charge on any atom is -0.461 e. The Hall–Kier alpha value is -1.24. The molecule has 88 valence electrons. The van der Waals surface area contributed by atoms with E-state index in [1.165, 1.54) is 0 Å². The van der Waals surface area contributed by atoms with Gasteiger partial charge in [0, 0.05) is 0 Å². The third kappa shape index (κ3) is 2.46. The number of hydrogen-bond donors (Lipinski definition) is 1. The molecule has 0 bridgehead atoms. The van der Waals surface area contributed by atoms with Crippen LogP contribution in [0.15, 0.2) is 10.7 Å². The van der Waals surface area contributed by atoms with Crippen molar-refractivity contribution in [2.75, 3.05) is 12.3 Å². The van der Waals surface area contributed by atoms with Gasteiger partial charge in [0.15, 0.2) is 5.69 Å². The van der Waals surface area contributed by atoms with Crippen molar-refractivity contribution in [3.05, 3.63) is 21.9 Å². The molecule has 7 heteroatoms. The predicted octanol–water partition coefficient (Wildman–Crippen LogP) is 2.54. The van der Waals surface area contributed by atoms with Crippen molar-refractivity contribution in [2.24, 2.45) is 0 Å². The van der Waals surface area contributed by atoms with Crippen LogP contribution in [-0.2, 0) is 4.74 Å². The largest absolute Gasteiger partial charge is 0.461 e. The summed E-state index contributed by atoms with van der Waals surface area (Å²) in [5, 5.41) is 0. The highest BCUT2D eigenvalue weighted by Gasteiger charge is 2.25.